The third-order valence-corrected chi connectivity index (χ3v) is 4.98. The summed E-state index contributed by atoms with van der Waals surface area (Å²) < 4.78 is 1.79. The molecule has 0 saturated carbocycles. The summed E-state index contributed by atoms with van der Waals surface area (Å²) >= 11 is 0. The van der Waals surface area contributed by atoms with Gasteiger partial charge in [0, 0.05) is 30.1 Å². The van der Waals surface area contributed by atoms with Crippen molar-refractivity contribution in [2.24, 2.45) is 0 Å². The number of hydrogen-bond acceptors (Lipinski definition) is 3. The Morgan fingerprint density at radius 2 is 1.47 bits per heavy atom. The lowest BCUT2D eigenvalue weighted by Gasteiger charge is -2.07. The van der Waals surface area contributed by atoms with E-state index in [1.165, 1.54) is 6.92 Å². The van der Waals surface area contributed by atoms with Crippen LogP contribution < -0.4 is 10.6 Å². The first-order valence-electron chi connectivity index (χ1n) is 10.4. The van der Waals surface area contributed by atoms with Gasteiger partial charge in [-0.25, -0.2) is 0 Å². The van der Waals surface area contributed by atoms with Gasteiger partial charge in [0.2, 0.25) is 5.91 Å². The molecule has 3 aromatic carbocycles. The highest BCUT2D eigenvalue weighted by Gasteiger charge is 2.18. The maximum Gasteiger partial charge on any atom is 0.259 e. The largest absolute Gasteiger partial charge is 0.326 e. The van der Waals surface area contributed by atoms with Gasteiger partial charge >= 0.3 is 0 Å². The Kier molecular flexibility index (Phi) is 6.12. The number of amides is 2. The van der Waals surface area contributed by atoms with E-state index in [1.54, 1.807) is 35.1 Å². The summed E-state index contributed by atoms with van der Waals surface area (Å²) in [5, 5.41) is 10.4. The second-order valence-electron chi connectivity index (χ2n) is 7.65. The van der Waals surface area contributed by atoms with Gasteiger partial charge in [0.15, 0.2) is 0 Å². The van der Waals surface area contributed by atoms with Crippen molar-refractivity contribution in [3.8, 4) is 11.3 Å². The van der Waals surface area contributed by atoms with Gasteiger partial charge in [0.25, 0.3) is 5.91 Å². The highest BCUT2D eigenvalue weighted by molar-refractivity contribution is 6.08. The van der Waals surface area contributed by atoms with Gasteiger partial charge in [0.05, 0.1) is 12.1 Å². The highest BCUT2D eigenvalue weighted by atomic mass is 16.2. The highest BCUT2D eigenvalue weighted by Crippen LogP contribution is 2.24. The normalized spacial score (nSPS) is 10.6. The average Bonchev–Trinajstić information content (AvgIpc) is 3.20. The second-order valence-corrected chi connectivity index (χ2v) is 7.65. The van der Waals surface area contributed by atoms with Crippen molar-refractivity contribution in [3.05, 3.63) is 102 Å². The fourth-order valence-electron chi connectivity index (χ4n) is 3.40. The Labute approximate surface area is 186 Å². The molecule has 0 atom stereocenters. The molecule has 4 rings (SSSR count). The summed E-state index contributed by atoms with van der Waals surface area (Å²) in [6.45, 7) is 4.05. The van der Waals surface area contributed by atoms with Gasteiger partial charge in [-0.3, -0.25) is 14.3 Å². The molecule has 32 heavy (non-hydrogen) atoms. The van der Waals surface area contributed by atoms with Gasteiger partial charge in [-0.2, -0.15) is 5.10 Å². The summed E-state index contributed by atoms with van der Waals surface area (Å²) in [6.07, 6.45) is 1.78. The fraction of sp³-hybridized carbons (Fsp3) is 0.115. The molecule has 4 aromatic rings. The van der Waals surface area contributed by atoms with Crippen molar-refractivity contribution >= 4 is 23.2 Å². The van der Waals surface area contributed by atoms with Crippen LogP contribution in [0.5, 0.6) is 0 Å². The van der Waals surface area contributed by atoms with Crippen LogP contribution in [0.15, 0.2) is 85.1 Å². The van der Waals surface area contributed by atoms with Crippen molar-refractivity contribution in [2.75, 3.05) is 10.6 Å². The number of carbonyl (C=O) groups is 2. The zero-order valence-corrected chi connectivity index (χ0v) is 18.0. The van der Waals surface area contributed by atoms with E-state index < -0.39 is 0 Å². The third-order valence-electron chi connectivity index (χ3n) is 4.98. The Balaban J connectivity index is 1.62. The molecule has 0 spiro atoms. The van der Waals surface area contributed by atoms with Crippen LogP contribution in [0.4, 0.5) is 11.4 Å². The minimum atomic E-state index is -0.243. The number of hydrogen-bond donors (Lipinski definition) is 2. The topological polar surface area (TPSA) is 76.0 Å². The number of anilines is 2. The molecule has 6 heteroatoms. The third kappa shape index (κ3) is 5.10. The number of aromatic nitrogens is 2. The zero-order valence-electron chi connectivity index (χ0n) is 18.0. The van der Waals surface area contributed by atoms with Gasteiger partial charge in [-0.1, -0.05) is 60.2 Å². The quantitative estimate of drug-likeness (QED) is 0.451. The lowest BCUT2D eigenvalue weighted by atomic mass is 10.1. The fourth-order valence-corrected chi connectivity index (χ4v) is 3.40. The van der Waals surface area contributed by atoms with Gasteiger partial charge in [-0.15, -0.1) is 0 Å². The Morgan fingerprint density at radius 1 is 0.844 bits per heavy atom. The minimum Gasteiger partial charge on any atom is -0.326 e. The molecule has 0 bridgehead atoms. The minimum absolute atomic E-state index is 0.143. The van der Waals surface area contributed by atoms with Crippen molar-refractivity contribution < 1.29 is 9.59 Å². The van der Waals surface area contributed by atoms with Crippen LogP contribution in [0.3, 0.4) is 0 Å². The summed E-state index contributed by atoms with van der Waals surface area (Å²) in [7, 11) is 0. The molecule has 0 unspecified atom stereocenters. The van der Waals surface area contributed by atoms with Gasteiger partial charge in [-0.05, 0) is 36.8 Å². The maximum absolute atomic E-state index is 13.2. The Morgan fingerprint density at radius 3 is 2.09 bits per heavy atom. The molecule has 0 aliphatic rings. The maximum atomic E-state index is 13.2. The summed E-state index contributed by atoms with van der Waals surface area (Å²) in [4.78, 5) is 24.4. The van der Waals surface area contributed by atoms with E-state index in [-0.39, 0.29) is 11.8 Å². The number of carbonyl (C=O) groups excluding carboxylic acids is 2. The molecule has 2 amide bonds. The standard InChI is InChI=1S/C26H24N4O2/c1-18-8-10-21(11-9-18)25-24(17-30(29-25)16-20-6-4-3-5-7-20)26(32)28-23-14-12-22(13-15-23)27-19(2)31/h3-15,17H,16H2,1-2H3,(H,27,31)(H,28,32). The van der Waals surface area contributed by atoms with Crippen molar-refractivity contribution in [2.45, 2.75) is 20.4 Å². The molecular weight excluding hydrogens is 400 g/mol. The molecule has 0 radical (unpaired) electrons. The summed E-state index contributed by atoms with van der Waals surface area (Å²) in [6, 6.07) is 25.0. The van der Waals surface area contributed by atoms with Crippen LogP contribution in [-0.2, 0) is 11.3 Å². The number of aryl methyl sites for hydroxylation is 1. The SMILES string of the molecule is CC(=O)Nc1ccc(NC(=O)c2cn(Cc3ccccc3)nc2-c2ccc(C)cc2)cc1. The van der Waals surface area contributed by atoms with Crippen LogP contribution in [-0.4, -0.2) is 21.6 Å². The van der Waals surface area contributed by atoms with Crippen molar-refractivity contribution in [1.82, 2.24) is 9.78 Å². The van der Waals surface area contributed by atoms with Crippen LogP contribution in [0, 0.1) is 6.92 Å². The molecule has 2 N–H and O–H groups in total. The van der Waals surface area contributed by atoms with E-state index >= 15 is 0 Å². The zero-order chi connectivity index (χ0) is 22.5. The average molecular weight is 425 g/mol. The lowest BCUT2D eigenvalue weighted by Crippen LogP contribution is -2.12. The summed E-state index contributed by atoms with van der Waals surface area (Å²) in [5.41, 5.74) is 5.56. The first-order chi connectivity index (χ1) is 15.5. The summed E-state index contributed by atoms with van der Waals surface area (Å²) in [5.74, 6) is -0.387. The molecule has 1 aromatic heterocycles. The molecule has 0 saturated heterocycles. The van der Waals surface area contributed by atoms with Crippen LogP contribution >= 0.6 is 0 Å². The lowest BCUT2D eigenvalue weighted by molar-refractivity contribution is -0.114. The molecule has 0 aliphatic heterocycles. The Hall–Kier alpha value is -4.19. The predicted molar refractivity (Wildman–Crippen MR) is 127 cm³/mol. The van der Waals surface area contributed by atoms with Crippen LogP contribution in [0.2, 0.25) is 0 Å². The van der Waals surface area contributed by atoms with Crippen LogP contribution in [0.25, 0.3) is 11.3 Å². The molecule has 0 fully saturated rings. The van der Waals surface area contributed by atoms with E-state index in [4.69, 9.17) is 5.10 Å². The van der Waals surface area contributed by atoms with Crippen molar-refractivity contribution in [1.29, 1.82) is 0 Å². The van der Waals surface area contributed by atoms with E-state index in [9.17, 15) is 9.59 Å². The Bertz CT molecular complexity index is 1230. The van der Waals surface area contributed by atoms with E-state index in [1.807, 2.05) is 61.5 Å². The number of rotatable bonds is 6. The van der Waals surface area contributed by atoms with Crippen LogP contribution in [0.1, 0.15) is 28.4 Å². The first-order valence-corrected chi connectivity index (χ1v) is 10.4. The second kappa shape index (κ2) is 9.31. The number of nitrogens with zero attached hydrogens (tertiary/aromatic N) is 2. The van der Waals surface area contributed by atoms with Gasteiger partial charge in [0.1, 0.15) is 5.69 Å². The van der Waals surface area contributed by atoms with E-state index in [0.29, 0.717) is 29.2 Å². The molecule has 1 heterocycles. The predicted octanol–water partition coefficient (Wildman–Crippen LogP) is 5.12. The first kappa shape index (κ1) is 21.1. The molecule has 0 aliphatic carbocycles. The smallest absolute Gasteiger partial charge is 0.259 e. The number of nitrogens with one attached hydrogen (secondary N) is 2. The molecule has 6 nitrogen and oxygen atoms in total. The monoisotopic (exact) mass is 424 g/mol. The van der Waals surface area contributed by atoms with E-state index in [2.05, 4.69) is 10.6 Å². The number of benzene rings is 3. The van der Waals surface area contributed by atoms with Gasteiger partial charge < -0.3 is 10.6 Å². The molecule has 160 valence electrons. The molecular formula is C26H24N4O2. The van der Waals surface area contributed by atoms with Crippen molar-refractivity contribution in [3.63, 3.8) is 0 Å². The van der Waals surface area contributed by atoms with E-state index in [0.717, 1.165) is 16.7 Å².